The molecule has 1 heterocycles. The van der Waals surface area contributed by atoms with E-state index in [9.17, 15) is 4.79 Å². The Morgan fingerprint density at radius 2 is 2.24 bits per heavy atom. The molecular weight excluding hydrogens is 316 g/mol. The van der Waals surface area contributed by atoms with Gasteiger partial charge in [-0.25, -0.2) is 4.98 Å². The fourth-order valence-electron chi connectivity index (χ4n) is 2.24. The van der Waals surface area contributed by atoms with E-state index in [4.69, 9.17) is 10.1 Å². The molecule has 1 N–H and O–H groups in total. The Morgan fingerprint density at radius 1 is 1.48 bits per heavy atom. The Bertz CT molecular complexity index is 617. The maximum absolute atomic E-state index is 12.2. The lowest BCUT2D eigenvalue weighted by Gasteiger charge is -2.17. The molecule has 6 nitrogen and oxygen atoms in total. The Morgan fingerprint density at radius 3 is 2.84 bits per heavy atom. The molecule has 0 spiro atoms. The van der Waals surface area contributed by atoms with Crippen molar-refractivity contribution in [2.24, 2.45) is 0 Å². The number of carbonyl (C=O) groups excluding carboxylic acids is 1. The van der Waals surface area contributed by atoms with Crippen molar-refractivity contribution in [3.63, 3.8) is 0 Å². The van der Waals surface area contributed by atoms with Crippen molar-refractivity contribution >= 4 is 11.6 Å². The van der Waals surface area contributed by atoms with Gasteiger partial charge in [-0.05, 0) is 31.4 Å². The molecule has 0 aliphatic heterocycles. The topological polar surface area (TPSA) is 71.2 Å². The lowest BCUT2D eigenvalue weighted by molar-refractivity contribution is -0.122. The fourth-order valence-corrected chi connectivity index (χ4v) is 2.24. The van der Waals surface area contributed by atoms with Crippen molar-refractivity contribution in [2.75, 3.05) is 20.7 Å². The molecule has 0 saturated heterocycles. The molecule has 1 amide bonds. The molecule has 0 aliphatic rings. The first-order valence-electron chi connectivity index (χ1n) is 8.30. The maximum Gasteiger partial charge on any atom is 0.271 e. The van der Waals surface area contributed by atoms with Gasteiger partial charge < -0.3 is 14.2 Å². The van der Waals surface area contributed by atoms with Crippen LogP contribution in [0.1, 0.15) is 19.8 Å². The molecule has 1 aromatic rings. The number of methoxy groups -OCH3 is 1. The second-order valence-corrected chi connectivity index (χ2v) is 5.73. The first-order valence-corrected chi connectivity index (χ1v) is 8.30. The third kappa shape index (κ3) is 7.30. The van der Waals surface area contributed by atoms with Crippen LogP contribution in [-0.4, -0.2) is 52.9 Å². The minimum atomic E-state index is -0.308. The van der Waals surface area contributed by atoms with Crippen LogP contribution in [0.25, 0.3) is 0 Å². The minimum Gasteiger partial charge on any atom is -0.376 e. The van der Waals surface area contributed by atoms with Gasteiger partial charge in [0.05, 0.1) is 12.4 Å². The van der Waals surface area contributed by atoms with Crippen molar-refractivity contribution < 1.29 is 9.53 Å². The molecule has 0 aromatic carbocycles. The maximum atomic E-state index is 12.2. The van der Waals surface area contributed by atoms with E-state index in [2.05, 4.69) is 11.6 Å². The minimum absolute atomic E-state index is 0.0628. The van der Waals surface area contributed by atoms with Crippen LogP contribution in [0.3, 0.4) is 0 Å². The van der Waals surface area contributed by atoms with E-state index in [1.807, 2.05) is 29.8 Å². The predicted molar refractivity (Wildman–Crippen MR) is 101 cm³/mol. The number of aromatic nitrogens is 2. The van der Waals surface area contributed by atoms with Crippen LogP contribution >= 0.6 is 0 Å². The van der Waals surface area contributed by atoms with Gasteiger partial charge in [-0.1, -0.05) is 24.8 Å². The lowest BCUT2D eigenvalue weighted by atomic mass is 10.1. The summed E-state index contributed by atoms with van der Waals surface area (Å²) in [4.78, 5) is 17.8. The number of carbonyl (C=O) groups is 1. The largest absolute Gasteiger partial charge is 0.376 e. The molecule has 6 heteroatoms. The van der Waals surface area contributed by atoms with E-state index in [1.165, 1.54) is 6.08 Å². The summed E-state index contributed by atoms with van der Waals surface area (Å²) in [5.41, 5.74) is 0.674. The average molecular weight is 344 g/mol. The molecule has 0 saturated carbocycles. The molecule has 0 aliphatic carbocycles. The molecule has 1 aromatic heterocycles. The standard InChI is InChI=1S/C19H28N4O2/c1-5-6-8-18(25-4)16(2)9-10-17(20)19(24)22(3)12-7-13-23-14-11-21-15-23/h5-6,9-11,14-15,18,20H,2,7-8,12-13H2,1,3-4H3/b6-5-,10-9?,20-17?. The van der Waals surface area contributed by atoms with Gasteiger partial charge in [-0.15, -0.1) is 0 Å². The number of hydrogen-bond acceptors (Lipinski definition) is 4. The number of amides is 1. The number of hydrogen-bond donors (Lipinski definition) is 1. The summed E-state index contributed by atoms with van der Waals surface area (Å²) in [6, 6.07) is 0. The summed E-state index contributed by atoms with van der Waals surface area (Å²) in [7, 11) is 3.33. The highest BCUT2D eigenvalue weighted by atomic mass is 16.5. The Hall–Kier alpha value is -2.47. The summed E-state index contributed by atoms with van der Waals surface area (Å²) in [5.74, 6) is -0.308. The zero-order chi connectivity index (χ0) is 18.7. The van der Waals surface area contributed by atoms with E-state index in [1.54, 1.807) is 37.7 Å². The molecular formula is C19H28N4O2. The second kappa shape index (κ2) is 11.1. The molecule has 25 heavy (non-hydrogen) atoms. The van der Waals surface area contributed by atoms with Gasteiger partial charge in [0.2, 0.25) is 0 Å². The van der Waals surface area contributed by atoms with Crippen LogP contribution in [0.2, 0.25) is 0 Å². The third-order valence-electron chi connectivity index (χ3n) is 3.79. The molecule has 1 atom stereocenters. The van der Waals surface area contributed by atoms with Gasteiger partial charge in [-0.2, -0.15) is 0 Å². The van der Waals surface area contributed by atoms with Crippen molar-refractivity contribution in [3.8, 4) is 0 Å². The second-order valence-electron chi connectivity index (χ2n) is 5.73. The number of rotatable bonds is 11. The van der Waals surface area contributed by atoms with Gasteiger partial charge in [-0.3, -0.25) is 10.2 Å². The van der Waals surface area contributed by atoms with Crippen LogP contribution in [0.4, 0.5) is 0 Å². The van der Waals surface area contributed by atoms with Gasteiger partial charge in [0.15, 0.2) is 0 Å². The lowest BCUT2D eigenvalue weighted by Crippen LogP contribution is -2.33. The molecule has 1 unspecified atom stereocenters. The van der Waals surface area contributed by atoms with Crippen LogP contribution in [0.15, 0.2) is 55.2 Å². The van der Waals surface area contributed by atoms with E-state index in [0.717, 1.165) is 18.5 Å². The first kappa shape index (κ1) is 20.6. The van der Waals surface area contributed by atoms with Gasteiger partial charge in [0.25, 0.3) is 5.91 Å². The van der Waals surface area contributed by atoms with Gasteiger partial charge in [0.1, 0.15) is 5.71 Å². The third-order valence-corrected chi connectivity index (χ3v) is 3.79. The first-order chi connectivity index (χ1) is 12.0. The quantitative estimate of drug-likeness (QED) is 0.381. The highest BCUT2D eigenvalue weighted by Gasteiger charge is 2.13. The molecule has 136 valence electrons. The number of nitrogens with one attached hydrogen (secondary N) is 1. The summed E-state index contributed by atoms with van der Waals surface area (Å²) >= 11 is 0. The van der Waals surface area contributed by atoms with E-state index < -0.39 is 0 Å². The normalized spacial score (nSPS) is 12.6. The Kier molecular flexibility index (Phi) is 9.17. The summed E-state index contributed by atoms with van der Waals surface area (Å²) in [6.45, 7) is 7.27. The van der Waals surface area contributed by atoms with Crippen LogP contribution in [0.5, 0.6) is 0 Å². The number of imidazole rings is 1. The monoisotopic (exact) mass is 344 g/mol. The van der Waals surface area contributed by atoms with Crippen molar-refractivity contribution in [3.05, 3.63) is 55.2 Å². The Labute approximate surface area is 150 Å². The van der Waals surface area contributed by atoms with E-state index in [-0.39, 0.29) is 17.7 Å². The highest BCUT2D eigenvalue weighted by molar-refractivity contribution is 6.41. The molecule has 1 rings (SSSR count). The predicted octanol–water partition coefficient (Wildman–Crippen LogP) is 2.84. The Balaban J connectivity index is 2.45. The number of nitrogens with zero attached hydrogens (tertiary/aromatic N) is 3. The fraction of sp³-hybridized carbons (Fsp3) is 0.421. The number of aryl methyl sites for hydroxylation is 1. The van der Waals surface area contributed by atoms with Crippen molar-refractivity contribution in [1.29, 1.82) is 5.41 Å². The summed E-state index contributed by atoms with van der Waals surface area (Å²) < 4.78 is 7.33. The molecule has 0 fully saturated rings. The van der Waals surface area contributed by atoms with Crippen LogP contribution < -0.4 is 0 Å². The van der Waals surface area contributed by atoms with Gasteiger partial charge in [0, 0.05) is 39.6 Å². The van der Waals surface area contributed by atoms with Crippen molar-refractivity contribution in [1.82, 2.24) is 14.5 Å². The van der Waals surface area contributed by atoms with Gasteiger partial charge >= 0.3 is 0 Å². The smallest absolute Gasteiger partial charge is 0.271 e. The molecule has 0 bridgehead atoms. The van der Waals surface area contributed by atoms with Crippen LogP contribution in [0, 0.1) is 5.41 Å². The summed E-state index contributed by atoms with van der Waals surface area (Å²) in [5, 5.41) is 7.94. The van der Waals surface area contributed by atoms with E-state index in [0.29, 0.717) is 13.0 Å². The van der Waals surface area contributed by atoms with Crippen molar-refractivity contribution in [2.45, 2.75) is 32.4 Å². The highest BCUT2D eigenvalue weighted by Crippen LogP contribution is 2.11. The number of allylic oxidation sites excluding steroid dienone is 1. The summed E-state index contributed by atoms with van der Waals surface area (Å²) in [6.07, 6.45) is 13.8. The SMILES string of the molecule is C=C(C=CC(=N)C(=O)N(C)CCCn1ccnc1)C(C/C=C\C)OC. The molecule has 0 radical (unpaired) electrons. The van der Waals surface area contributed by atoms with E-state index >= 15 is 0 Å². The number of ether oxygens (including phenoxy) is 1. The zero-order valence-electron chi connectivity index (χ0n) is 15.3. The zero-order valence-corrected chi connectivity index (χ0v) is 15.3. The van der Waals surface area contributed by atoms with Crippen LogP contribution in [-0.2, 0) is 16.1 Å². The average Bonchev–Trinajstić information content (AvgIpc) is 3.12.